The van der Waals surface area contributed by atoms with Gasteiger partial charge >= 0.3 is 0 Å². The molecular formula is C30H33FN6O2. The minimum Gasteiger partial charge on any atom is -0.354 e. The molecule has 0 unspecified atom stereocenters. The summed E-state index contributed by atoms with van der Waals surface area (Å²) in [6.45, 7) is 4.47. The van der Waals surface area contributed by atoms with Gasteiger partial charge in [-0.05, 0) is 60.6 Å². The number of fused-ring (bicyclic) bond motifs is 1. The number of carbonyl (C=O) groups is 2. The molecule has 39 heavy (non-hydrogen) atoms. The third kappa shape index (κ3) is 5.85. The van der Waals surface area contributed by atoms with Crippen molar-refractivity contribution in [2.45, 2.75) is 6.54 Å². The summed E-state index contributed by atoms with van der Waals surface area (Å²) in [4.78, 5) is 32.1. The number of nitrogens with one attached hydrogen (secondary N) is 2. The number of anilines is 3. The molecule has 3 aromatic carbocycles. The van der Waals surface area contributed by atoms with Gasteiger partial charge in [0.1, 0.15) is 5.82 Å². The Labute approximate surface area is 227 Å². The second-order valence-corrected chi connectivity index (χ2v) is 10.00. The molecular weight excluding hydrogens is 495 g/mol. The monoisotopic (exact) mass is 528 g/mol. The summed E-state index contributed by atoms with van der Waals surface area (Å²) in [5, 5.41) is 6.17. The summed E-state index contributed by atoms with van der Waals surface area (Å²) in [5.74, 6) is -0.694. The maximum Gasteiger partial charge on any atom is 0.258 e. The fraction of sp³-hybridized carbons (Fsp3) is 0.267. The van der Waals surface area contributed by atoms with E-state index in [-0.39, 0.29) is 11.8 Å². The average molecular weight is 529 g/mol. The first-order chi connectivity index (χ1) is 18.8. The summed E-state index contributed by atoms with van der Waals surface area (Å²) in [6.07, 6.45) is 0. The number of hydrogen-bond acceptors (Lipinski definition) is 6. The summed E-state index contributed by atoms with van der Waals surface area (Å²) in [7, 11) is 3.88. The van der Waals surface area contributed by atoms with Crippen molar-refractivity contribution in [2.75, 3.05) is 62.4 Å². The van der Waals surface area contributed by atoms with Crippen LogP contribution in [0.25, 0.3) is 11.3 Å². The van der Waals surface area contributed by atoms with Crippen LogP contribution < -0.4 is 21.3 Å². The van der Waals surface area contributed by atoms with Gasteiger partial charge in [-0.15, -0.1) is 0 Å². The van der Waals surface area contributed by atoms with Crippen molar-refractivity contribution in [2.24, 2.45) is 5.73 Å². The third-order valence-corrected chi connectivity index (χ3v) is 7.31. The van der Waals surface area contributed by atoms with Crippen molar-refractivity contribution < 1.29 is 14.0 Å². The van der Waals surface area contributed by atoms with Crippen molar-refractivity contribution in [3.05, 3.63) is 89.2 Å². The molecule has 0 aromatic heterocycles. The van der Waals surface area contributed by atoms with Crippen LogP contribution in [0.1, 0.15) is 16.7 Å². The van der Waals surface area contributed by atoms with E-state index in [2.05, 4.69) is 27.5 Å². The van der Waals surface area contributed by atoms with Gasteiger partial charge < -0.3 is 26.2 Å². The molecule has 1 fully saturated rings. The number of nitrogens with two attached hydrogens (primary N) is 1. The van der Waals surface area contributed by atoms with Crippen LogP contribution in [-0.2, 0) is 16.1 Å². The summed E-state index contributed by atoms with van der Waals surface area (Å²) in [6, 6.07) is 19.4. The summed E-state index contributed by atoms with van der Waals surface area (Å²) in [5.41, 5.74) is 11.1. The summed E-state index contributed by atoms with van der Waals surface area (Å²) < 4.78 is 13.8. The molecule has 2 aliphatic rings. The van der Waals surface area contributed by atoms with Gasteiger partial charge in [0, 0.05) is 56.7 Å². The van der Waals surface area contributed by atoms with Gasteiger partial charge in [-0.25, -0.2) is 4.39 Å². The quantitative estimate of drug-likeness (QED) is 0.407. The number of amides is 2. The van der Waals surface area contributed by atoms with Crippen LogP contribution in [0, 0.1) is 5.82 Å². The Kier molecular flexibility index (Phi) is 7.74. The number of carbonyl (C=O) groups excluding carboxylic acids is 2. The Morgan fingerprint density at radius 3 is 2.38 bits per heavy atom. The van der Waals surface area contributed by atoms with E-state index in [1.54, 1.807) is 18.0 Å². The van der Waals surface area contributed by atoms with E-state index in [0.717, 1.165) is 48.7 Å². The van der Waals surface area contributed by atoms with Crippen LogP contribution in [0.2, 0.25) is 0 Å². The Hall–Kier alpha value is -4.05. The van der Waals surface area contributed by atoms with Gasteiger partial charge in [-0.2, -0.15) is 0 Å². The summed E-state index contributed by atoms with van der Waals surface area (Å²) >= 11 is 0. The lowest BCUT2D eigenvalue weighted by molar-refractivity contribution is -0.119. The molecule has 9 heteroatoms. The SMILES string of the molecule is CN1CCN(CC(=O)N(C)c2ccc(NC(=C3C(=O)Nc4cc(F)ccc43)c3ccc(CN)cc3)cc2)CC1. The lowest BCUT2D eigenvalue weighted by Crippen LogP contribution is -2.48. The van der Waals surface area contributed by atoms with E-state index in [0.29, 0.717) is 35.6 Å². The minimum atomic E-state index is -0.418. The zero-order valence-corrected chi connectivity index (χ0v) is 22.2. The number of nitrogens with zero attached hydrogens (tertiary/aromatic N) is 3. The number of benzene rings is 3. The highest BCUT2D eigenvalue weighted by Gasteiger charge is 2.29. The van der Waals surface area contributed by atoms with Gasteiger partial charge in [0.15, 0.2) is 0 Å². The van der Waals surface area contributed by atoms with E-state index in [1.165, 1.54) is 12.1 Å². The van der Waals surface area contributed by atoms with Crippen LogP contribution in [-0.4, -0.2) is 68.4 Å². The van der Waals surface area contributed by atoms with Gasteiger partial charge in [0.05, 0.1) is 23.5 Å². The van der Waals surface area contributed by atoms with Crippen molar-refractivity contribution in [1.82, 2.24) is 9.80 Å². The Balaban J connectivity index is 1.40. The normalized spacial score (nSPS) is 17.0. The first kappa shape index (κ1) is 26.6. The molecule has 0 aliphatic carbocycles. The van der Waals surface area contributed by atoms with Crippen LogP contribution in [0.5, 0.6) is 0 Å². The standard InChI is InChI=1S/C30H33FN6O2/c1-35-13-15-37(16-14-35)19-27(38)36(2)24-10-8-23(9-11-24)33-29(21-5-3-20(18-32)4-6-21)28-25-12-7-22(31)17-26(25)34-30(28)39/h3-12,17,33H,13-16,18-19,32H2,1-2H3,(H,34,39). The Bertz CT molecular complexity index is 1400. The van der Waals surface area contributed by atoms with E-state index >= 15 is 0 Å². The molecule has 3 aromatic rings. The Morgan fingerprint density at radius 2 is 1.72 bits per heavy atom. The predicted octanol–water partition coefficient (Wildman–Crippen LogP) is 3.43. The van der Waals surface area contributed by atoms with Gasteiger partial charge in [0.2, 0.25) is 5.91 Å². The van der Waals surface area contributed by atoms with E-state index in [9.17, 15) is 14.0 Å². The number of rotatable bonds is 7. The fourth-order valence-corrected chi connectivity index (χ4v) is 4.84. The third-order valence-electron chi connectivity index (χ3n) is 7.31. The van der Waals surface area contributed by atoms with Crippen molar-refractivity contribution in [1.29, 1.82) is 0 Å². The van der Waals surface area contributed by atoms with E-state index in [4.69, 9.17) is 5.73 Å². The maximum atomic E-state index is 13.8. The topological polar surface area (TPSA) is 93.9 Å². The highest BCUT2D eigenvalue weighted by molar-refractivity contribution is 6.37. The second-order valence-electron chi connectivity index (χ2n) is 10.00. The van der Waals surface area contributed by atoms with Gasteiger partial charge in [0.25, 0.3) is 5.91 Å². The maximum absolute atomic E-state index is 13.8. The number of piperazine rings is 1. The van der Waals surface area contributed by atoms with Crippen LogP contribution in [0.4, 0.5) is 21.5 Å². The fourth-order valence-electron chi connectivity index (χ4n) is 4.84. The molecule has 0 atom stereocenters. The number of likely N-dealkylation sites (N-methyl/N-ethyl adjacent to an activating group) is 2. The molecule has 2 aliphatic heterocycles. The lowest BCUT2D eigenvalue weighted by atomic mass is 9.99. The molecule has 4 N–H and O–H groups in total. The van der Waals surface area contributed by atoms with E-state index in [1.807, 2.05) is 48.5 Å². The molecule has 0 bridgehead atoms. The largest absolute Gasteiger partial charge is 0.354 e. The molecule has 0 spiro atoms. The molecule has 8 nitrogen and oxygen atoms in total. The highest BCUT2D eigenvalue weighted by Crippen LogP contribution is 2.38. The minimum absolute atomic E-state index is 0.0366. The molecule has 2 amide bonds. The van der Waals surface area contributed by atoms with E-state index < -0.39 is 5.82 Å². The second kappa shape index (κ2) is 11.4. The molecule has 0 saturated carbocycles. The lowest BCUT2D eigenvalue weighted by Gasteiger charge is -2.32. The molecule has 1 saturated heterocycles. The van der Waals surface area contributed by atoms with Gasteiger partial charge in [-0.1, -0.05) is 24.3 Å². The van der Waals surface area contributed by atoms with Crippen molar-refractivity contribution >= 4 is 40.1 Å². The predicted molar refractivity (Wildman–Crippen MR) is 154 cm³/mol. The molecule has 202 valence electrons. The molecule has 5 rings (SSSR count). The first-order valence-electron chi connectivity index (χ1n) is 13.0. The Morgan fingerprint density at radius 1 is 1.03 bits per heavy atom. The smallest absolute Gasteiger partial charge is 0.258 e. The van der Waals surface area contributed by atoms with Crippen LogP contribution in [0.15, 0.2) is 66.7 Å². The molecule has 0 radical (unpaired) electrons. The van der Waals surface area contributed by atoms with Crippen LogP contribution in [0.3, 0.4) is 0 Å². The first-order valence-corrected chi connectivity index (χ1v) is 13.0. The van der Waals surface area contributed by atoms with Gasteiger partial charge in [-0.3, -0.25) is 14.5 Å². The zero-order valence-electron chi connectivity index (χ0n) is 22.2. The van der Waals surface area contributed by atoms with Crippen molar-refractivity contribution in [3.8, 4) is 0 Å². The van der Waals surface area contributed by atoms with Crippen LogP contribution >= 0.6 is 0 Å². The number of halogens is 1. The molecule has 2 heterocycles. The van der Waals surface area contributed by atoms with Crippen molar-refractivity contribution in [3.63, 3.8) is 0 Å². The zero-order chi connectivity index (χ0) is 27.5. The highest BCUT2D eigenvalue weighted by atomic mass is 19.1. The average Bonchev–Trinajstić information content (AvgIpc) is 3.27. The number of hydrogen-bond donors (Lipinski definition) is 3.